The Labute approximate surface area is 152 Å². The summed E-state index contributed by atoms with van der Waals surface area (Å²) in [5.74, 6) is 0.929. The van der Waals surface area contributed by atoms with Crippen LogP contribution in [0.1, 0.15) is 26.3 Å². The predicted molar refractivity (Wildman–Crippen MR) is 107 cm³/mol. The van der Waals surface area contributed by atoms with E-state index in [1.54, 1.807) is 6.08 Å². The van der Waals surface area contributed by atoms with Gasteiger partial charge in [0.15, 0.2) is 0 Å². The molecule has 1 aliphatic rings. The van der Waals surface area contributed by atoms with E-state index >= 15 is 0 Å². The van der Waals surface area contributed by atoms with Gasteiger partial charge in [-0.3, -0.25) is 0 Å². The number of halogens is 1. The van der Waals surface area contributed by atoms with Crippen molar-refractivity contribution in [3.63, 3.8) is 0 Å². The minimum absolute atomic E-state index is 0.346. The van der Waals surface area contributed by atoms with Gasteiger partial charge in [-0.25, -0.2) is 0 Å². The van der Waals surface area contributed by atoms with Crippen LogP contribution in [0.4, 0.5) is 0 Å². The van der Waals surface area contributed by atoms with E-state index in [1.165, 1.54) is 21.9 Å². The van der Waals surface area contributed by atoms with E-state index < -0.39 is 0 Å². The smallest absolute Gasteiger partial charge is 0.129 e. The standard InChI is InChI=1S/C22H21BrO/c1-5-7-8-15(6-2)20-14-22(3,4)24-21-13-16-9-10-18(23)11-17(16)12-19(20)21/h5-14H,1H2,2-4H3/b8-7-,15-6+. The van der Waals surface area contributed by atoms with Gasteiger partial charge in [0.2, 0.25) is 0 Å². The number of benzene rings is 2. The molecule has 3 rings (SSSR count). The fourth-order valence-electron chi connectivity index (χ4n) is 3.03. The Kier molecular flexibility index (Phi) is 4.51. The maximum Gasteiger partial charge on any atom is 0.129 e. The zero-order valence-electron chi connectivity index (χ0n) is 14.3. The van der Waals surface area contributed by atoms with Crippen molar-refractivity contribution in [3.8, 4) is 5.75 Å². The predicted octanol–water partition coefficient (Wildman–Crippen LogP) is 6.85. The second-order valence-corrected chi connectivity index (χ2v) is 7.36. The molecule has 0 aliphatic carbocycles. The highest BCUT2D eigenvalue weighted by atomic mass is 79.9. The van der Waals surface area contributed by atoms with Crippen LogP contribution in [0.25, 0.3) is 16.3 Å². The molecule has 0 saturated carbocycles. The first kappa shape index (κ1) is 16.8. The molecule has 0 bridgehead atoms. The molecular weight excluding hydrogens is 360 g/mol. The molecule has 0 saturated heterocycles. The molecule has 2 aromatic rings. The second-order valence-electron chi connectivity index (χ2n) is 6.44. The van der Waals surface area contributed by atoms with Gasteiger partial charge >= 0.3 is 0 Å². The van der Waals surface area contributed by atoms with E-state index in [4.69, 9.17) is 4.74 Å². The second kappa shape index (κ2) is 6.45. The summed E-state index contributed by atoms with van der Waals surface area (Å²) >= 11 is 3.56. The highest BCUT2D eigenvalue weighted by molar-refractivity contribution is 9.10. The molecule has 0 fully saturated rings. The first-order valence-corrected chi connectivity index (χ1v) is 8.84. The van der Waals surface area contributed by atoms with Gasteiger partial charge in [0.1, 0.15) is 11.4 Å². The van der Waals surface area contributed by atoms with Gasteiger partial charge in [0.25, 0.3) is 0 Å². The van der Waals surface area contributed by atoms with E-state index in [9.17, 15) is 0 Å². The summed E-state index contributed by atoms with van der Waals surface area (Å²) in [6.07, 6.45) is 10.2. The first-order valence-electron chi connectivity index (χ1n) is 8.05. The van der Waals surface area contributed by atoms with Gasteiger partial charge in [-0.15, -0.1) is 0 Å². The van der Waals surface area contributed by atoms with Crippen molar-refractivity contribution in [2.75, 3.05) is 0 Å². The molecule has 24 heavy (non-hydrogen) atoms. The molecule has 0 spiro atoms. The number of hydrogen-bond donors (Lipinski definition) is 0. The van der Waals surface area contributed by atoms with E-state index in [-0.39, 0.29) is 5.60 Å². The molecule has 2 heteroatoms. The molecule has 0 unspecified atom stereocenters. The molecular formula is C22H21BrO. The number of allylic oxidation sites excluding steroid dienone is 6. The van der Waals surface area contributed by atoms with Gasteiger partial charge in [-0.2, -0.15) is 0 Å². The van der Waals surface area contributed by atoms with Crippen LogP contribution in [0.15, 0.2) is 77.3 Å². The number of hydrogen-bond acceptors (Lipinski definition) is 1. The van der Waals surface area contributed by atoms with Crippen molar-refractivity contribution < 1.29 is 4.74 Å². The van der Waals surface area contributed by atoms with E-state index in [1.807, 2.05) is 6.08 Å². The zero-order valence-corrected chi connectivity index (χ0v) is 15.9. The third-order valence-electron chi connectivity index (χ3n) is 4.09. The fraction of sp³-hybridized carbons (Fsp3) is 0.182. The maximum atomic E-state index is 6.23. The van der Waals surface area contributed by atoms with Crippen molar-refractivity contribution in [2.45, 2.75) is 26.4 Å². The van der Waals surface area contributed by atoms with Crippen LogP contribution in [0.2, 0.25) is 0 Å². The van der Waals surface area contributed by atoms with Crippen molar-refractivity contribution in [1.82, 2.24) is 0 Å². The molecule has 1 nitrogen and oxygen atoms in total. The number of fused-ring (bicyclic) bond motifs is 2. The Morgan fingerprint density at radius 2 is 1.96 bits per heavy atom. The monoisotopic (exact) mass is 380 g/mol. The van der Waals surface area contributed by atoms with Crippen LogP contribution in [0.3, 0.4) is 0 Å². The average molecular weight is 381 g/mol. The molecule has 2 aromatic carbocycles. The fourth-order valence-corrected chi connectivity index (χ4v) is 3.41. The lowest BCUT2D eigenvalue weighted by Gasteiger charge is -2.32. The molecule has 0 atom stereocenters. The molecule has 0 aromatic heterocycles. The Morgan fingerprint density at radius 1 is 1.17 bits per heavy atom. The van der Waals surface area contributed by atoms with Gasteiger partial charge in [0, 0.05) is 10.0 Å². The summed E-state index contributed by atoms with van der Waals surface area (Å²) in [5.41, 5.74) is 3.15. The highest BCUT2D eigenvalue weighted by Crippen LogP contribution is 2.42. The van der Waals surface area contributed by atoms with Gasteiger partial charge in [-0.05, 0) is 73.0 Å². The average Bonchev–Trinajstić information content (AvgIpc) is 2.53. The summed E-state index contributed by atoms with van der Waals surface area (Å²) in [6, 6.07) is 10.7. The summed E-state index contributed by atoms with van der Waals surface area (Å²) in [7, 11) is 0. The normalized spacial score (nSPS) is 16.7. The first-order chi connectivity index (χ1) is 11.4. The van der Waals surface area contributed by atoms with Crippen molar-refractivity contribution in [3.05, 3.63) is 82.9 Å². The molecule has 1 aliphatic heterocycles. The molecule has 0 N–H and O–H groups in total. The topological polar surface area (TPSA) is 9.23 Å². The van der Waals surface area contributed by atoms with Crippen LogP contribution in [-0.2, 0) is 0 Å². The van der Waals surface area contributed by atoms with Crippen molar-refractivity contribution >= 4 is 32.3 Å². The third-order valence-corrected chi connectivity index (χ3v) is 4.58. The van der Waals surface area contributed by atoms with Gasteiger partial charge in [-0.1, -0.05) is 52.9 Å². The van der Waals surface area contributed by atoms with E-state index in [0.29, 0.717) is 0 Å². The summed E-state index contributed by atoms with van der Waals surface area (Å²) in [6.45, 7) is 10.0. The Morgan fingerprint density at radius 3 is 2.67 bits per heavy atom. The number of rotatable bonds is 3. The summed E-state index contributed by atoms with van der Waals surface area (Å²) in [4.78, 5) is 0. The van der Waals surface area contributed by atoms with Crippen LogP contribution in [-0.4, -0.2) is 5.60 Å². The van der Waals surface area contributed by atoms with Crippen molar-refractivity contribution in [1.29, 1.82) is 0 Å². The SMILES string of the molecule is C=C/C=C\C(=C/C)C1=CC(C)(C)Oc2cc3ccc(Br)cc3cc21. The summed E-state index contributed by atoms with van der Waals surface area (Å²) in [5, 5.41) is 2.37. The molecule has 0 amide bonds. The van der Waals surface area contributed by atoms with E-state index in [2.05, 4.69) is 91.8 Å². The van der Waals surface area contributed by atoms with Crippen LogP contribution in [0, 0.1) is 0 Å². The summed E-state index contributed by atoms with van der Waals surface area (Å²) < 4.78 is 7.31. The van der Waals surface area contributed by atoms with E-state index in [0.717, 1.165) is 15.8 Å². The quantitative estimate of drug-likeness (QED) is 0.529. The van der Waals surface area contributed by atoms with Crippen LogP contribution >= 0.6 is 15.9 Å². The highest BCUT2D eigenvalue weighted by Gasteiger charge is 2.27. The molecule has 122 valence electrons. The largest absolute Gasteiger partial charge is 0.483 e. The Bertz CT molecular complexity index is 898. The number of ether oxygens (including phenoxy) is 1. The zero-order chi connectivity index (χ0) is 17.3. The minimum Gasteiger partial charge on any atom is -0.483 e. The minimum atomic E-state index is -0.346. The van der Waals surface area contributed by atoms with Crippen LogP contribution in [0.5, 0.6) is 5.75 Å². The van der Waals surface area contributed by atoms with Crippen molar-refractivity contribution in [2.24, 2.45) is 0 Å². The maximum absolute atomic E-state index is 6.23. The molecule has 1 heterocycles. The lowest BCUT2D eigenvalue weighted by molar-refractivity contribution is 0.158. The Balaban J connectivity index is 2.24. The van der Waals surface area contributed by atoms with Gasteiger partial charge in [0.05, 0.1) is 0 Å². The van der Waals surface area contributed by atoms with Gasteiger partial charge < -0.3 is 4.74 Å². The Hall–Kier alpha value is -2.06. The lowest BCUT2D eigenvalue weighted by atomic mass is 9.88. The third kappa shape index (κ3) is 3.25. The lowest BCUT2D eigenvalue weighted by Crippen LogP contribution is -2.29. The molecule has 0 radical (unpaired) electrons. The van der Waals surface area contributed by atoms with Crippen LogP contribution < -0.4 is 4.74 Å².